The third kappa shape index (κ3) is 4.24. The predicted octanol–water partition coefficient (Wildman–Crippen LogP) is 3.31. The number of rotatable bonds is 3. The number of ether oxygens (including phenoxy) is 2. The lowest BCUT2D eigenvalue weighted by molar-refractivity contribution is 0.0485. The topological polar surface area (TPSA) is 67.9 Å². The molecule has 1 unspecified atom stereocenters. The minimum atomic E-state index is -0.532. The fraction of sp³-hybridized carbons (Fsp3) is 0.579. The van der Waals surface area contributed by atoms with Crippen molar-refractivity contribution >= 4 is 12.2 Å². The highest BCUT2D eigenvalue weighted by Gasteiger charge is 2.50. The summed E-state index contributed by atoms with van der Waals surface area (Å²) < 4.78 is 10.8. The minimum Gasteiger partial charge on any atom is -0.445 e. The quantitative estimate of drug-likeness (QED) is 0.912. The standard InChI is InChI=1S/C19H26N2O4/c1-19(2,3)25-17(22)20-16-14-9-10-15(16)21(11-14)18(23)24-12-13-7-5-4-6-8-13/h4-8,14-16H,9-12H2,1-3H3,(H,20,22)/t14-,15-,16?/m0/s1. The normalized spacial score (nSPS) is 24.9. The van der Waals surface area contributed by atoms with Crippen LogP contribution in [-0.4, -0.2) is 41.3 Å². The summed E-state index contributed by atoms with van der Waals surface area (Å²) in [7, 11) is 0. The Balaban J connectivity index is 1.55. The Morgan fingerprint density at radius 2 is 1.92 bits per heavy atom. The summed E-state index contributed by atoms with van der Waals surface area (Å²) in [6.45, 7) is 6.39. The van der Waals surface area contributed by atoms with Gasteiger partial charge < -0.3 is 19.7 Å². The van der Waals surface area contributed by atoms with Gasteiger partial charge in [-0.15, -0.1) is 0 Å². The molecule has 0 spiro atoms. The molecule has 3 rings (SSSR count). The van der Waals surface area contributed by atoms with Gasteiger partial charge in [-0.1, -0.05) is 30.3 Å². The van der Waals surface area contributed by atoms with Gasteiger partial charge in [-0.05, 0) is 45.1 Å². The van der Waals surface area contributed by atoms with E-state index in [1.54, 1.807) is 4.90 Å². The van der Waals surface area contributed by atoms with E-state index < -0.39 is 11.7 Å². The van der Waals surface area contributed by atoms with Crippen LogP contribution in [0.15, 0.2) is 30.3 Å². The van der Waals surface area contributed by atoms with E-state index in [-0.39, 0.29) is 30.7 Å². The molecule has 1 aliphatic carbocycles. The molecule has 0 aromatic heterocycles. The summed E-state index contributed by atoms with van der Waals surface area (Å²) in [5.74, 6) is 0.266. The molecule has 1 N–H and O–H groups in total. The summed E-state index contributed by atoms with van der Waals surface area (Å²) in [6.07, 6.45) is 1.15. The highest BCUT2D eigenvalue weighted by atomic mass is 16.6. The molecule has 2 bridgehead atoms. The molecule has 3 atom stereocenters. The van der Waals surface area contributed by atoms with Crippen molar-refractivity contribution in [2.24, 2.45) is 5.92 Å². The molecule has 2 aliphatic rings. The van der Waals surface area contributed by atoms with E-state index in [0.29, 0.717) is 6.54 Å². The first-order valence-corrected chi connectivity index (χ1v) is 8.80. The number of hydrogen-bond acceptors (Lipinski definition) is 4. The fourth-order valence-electron chi connectivity index (χ4n) is 3.67. The van der Waals surface area contributed by atoms with Gasteiger partial charge in [0.1, 0.15) is 12.2 Å². The van der Waals surface area contributed by atoms with Crippen LogP contribution in [0, 0.1) is 5.92 Å². The van der Waals surface area contributed by atoms with Crippen LogP contribution in [0.4, 0.5) is 9.59 Å². The number of benzene rings is 1. The molecule has 6 heteroatoms. The van der Waals surface area contributed by atoms with Crippen LogP contribution in [0.25, 0.3) is 0 Å². The second-order valence-corrected chi connectivity index (χ2v) is 7.77. The predicted molar refractivity (Wildman–Crippen MR) is 93.0 cm³/mol. The number of alkyl carbamates (subject to hydrolysis) is 1. The number of nitrogens with zero attached hydrogens (tertiary/aromatic N) is 1. The molecule has 1 aromatic carbocycles. The van der Waals surface area contributed by atoms with Gasteiger partial charge in [0.25, 0.3) is 0 Å². The highest BCUT2D eigenvalue weighted by molar-refractivity contribution is 5.71. The monoisotopic (exact) mass is 346 g/mol. The number of likely N-dealkylation sites (tertiary alicyclic amines) is 1. The zero-order valence-electron chi connectivity index (χ0n) is 15.0. The average Bonchev–Trinajstić information content (AvgIpc) is 3.08. The number of hydrogen-bond donors (Lipinski definition) is 1. The smallest absolute Gasteiger partial charge is 0.410 e. The van der Waals surface area contributed by atoms with E-state index in [9.17, 15) is 9.59 Å². The summed E-state index contributed by atoms with van der Waals surface area (Å²) in [5, 5.41) is 2.95. The molecule has 1 aliphatic heterocycles. The van der Waals surface area contributed by atoms with Gasteiger partial charge in [0.05, 0.1) is 12.1 Å². The molecule has 2 fully saturated rings. The maximum Gasteiger partial charge on any atom is 0.410 e. The van der Waals surface area contributed by atoms with Crippen LogP contribution in [-0.2, 0) is 16.1 Å². The SMILES string of the molecule is CC(C)(C)OC(=O)NC1[C@H]2CC[C@@H]1N(C(=O)OCc1ccccc1)C2. The third-order valence-electron chi connectivity index (χ3n) is 4.71. The van der Waals surface area contributed by atoms with Crippen molar-refractivity contribution < 1.29 is 19.1 Å². The van der Waals surface area contributed by atoms with E-state index in [4.69, 9.17) is 9.47 Å². The molecular weight excluding hydrogens is 320 g/mol. The minimum absolute atomic E-state index is 0.0132. The van der Waals surface area contributed by atoms with Gasteiger partial charge in [-0.2, -0.15) is 0 Å². The third-order valence-corrected chi connectivity index (χ3v) is 4.71. The summed E-state index contributed by atoms with van der Waals surface area (Å²) in [5.41, 5.74) is 0.430. The zero-order chi connectivity index (χ0) is 18.0. The summed E-state index contributed by atoms with van der Waals surface area (Å²) >= 11 is 0. The Bertz CT molecular complexity index is 626. The Kier molecular flexibility index (Phi) is 4.88. The molecule has 2 amide bonds. The van der Waals surface area contributed by atoms with Gasteiger partial charge >= 0.3 is 12.2 Å². The molecule has 1 saturated carbocycles. The van der Waals surface area contributed by atoms with Crippen LogP contribution >= 0.6 is 0 Å². The van der Waals surface area contributed by atoms with E-state index in [0.717, 1.165) is 18.4 Å². The second-order valence-electron chi connectivity index (χ2n) is 7.77. The van der Waals surface area contributed by atoms with Crippen LogP contribution < -0.4 is 5.32 Å². The van der Waals surface area contributed by atoms with Crippen molar-refractivity contribution in [1.29, 1.82) is 0 Å². The van der Waals surface area contributed by atoms with Crippen molar-refractivity contribution in [3.8, 4) is 0 Å². The number of carbonyl (C=O) groups excluding carboxylic acids is 2. The van der Waals surface area contributed by atoms with Crippen LogP contribution in [0.2, 0.25) is 0 Å². The average molecular weight is 346 g/mol. The van der Waals surface area contributed by atoms with E-state index >= 15 is 0 Å². The largest absolute Gasteiger partial charge is 0.445 e. The van der Waals surface area contributed by atoms with Crippen LogP contribution in [0.5, 0.6) is 0 Å². The van der Waals surface area contributed by atoms with Crippen molar-refractivity contribution in [3.05, 3.63) is 35.9 Å². The second kappa shape index (κ2) is 6.94. The molecule has 1 saturated heterocycles. The van der Waals surface area contributed by atoms with Crippen molar-refractivity contribution in [2.45, 2.75) is 57.9 Å². The van der Waals surface area contributed by atoms with Gasteiger partial charge in [0.15, 0.2) is 0 Å². The molecule has 6 nitrogen and oxygen atoms in total. The highest BCUT2D eigenvalue weighted by Crippen LogP contribution is 2.38. The fourth-order valence-corrected chi connectivity index (χ4v) is 3.67. The molecular formula is C19H26N2O4. The first-order valence-electron chi connectivity index (χ1n) is 8.80. The lowest BCUT2D eigenvalue weighted by Crippen LogP contribution is -2.46. The lowest BCUT2D eigenvalue weighted by atomic mass is 10.1. The van der Waals surface area contributed by atoms with Crippen molar-refractivity contribution in [2.75, 3.05) is 6.54 Å². The van der Waals surface area contributed by atoms with E-state index in [1.165, 1.54) is 0 Å². The summed E-state index contributed by atoms with van der Waals surface area (Å²) in [6, 6.07) is 9.55. The Hall–Kier alpha value is -2.24. The molecule has 0 radical (unpaired) electrons. The molecule has 1 aromatic rings. The van der Waals surface area contributed by atoms with Gasteiger partial charge in [-0.3, -0.25) is 0 Å². The van der Waals surface area contributed by atoms with Crippen LogP contribution in [0.1, 0.15) is 39.2 Å². The molecule has 1 heterocycles. The number of nitrogens with one attached hydrogen (secondary N) is 1. The Labute approximate surface area is 148 Å². The number of carbonyl (C=O) groups is 2. The number of amides is 2. The Morgan fingerprint density at radius 3 is 2.60 bits per heavy atom. The molecule has 136 valence electrons. The summed E-state index contributed by atoms with van der Waals surface area (Å²) in [4.78, 5) is 26.2. The van der Waals surface area contributed by atoms with Gasteiger partial charge in [-0.25, -0.2) is 9.59 Å². The maximum absolute atomic E-state index is 12.4. The van der Waals surface area contributed by atoms with Gasteiger partial charge in [0, 0.05) is 6.54 Å². The van der Waals surface area contributed by atoms with Crippen molar-refractivity contribution in [1.82, 2.24) is 10.2 Å². The lowest BCUT2D eigenvalue weighted by Gasteiger charge is -2.27. The number of piperidine rings is 1. The van der Waals surface area contributed by atoms with Gasteiger partial charge in [0.2, 0.25) is 0 Å². The maximum atomic E-state index is 12.4. The van der Waals surface area contributed by atoms with E-state index in [1.807, 2.05) is 51.1 Å². The van der Waals surface area contributed by atoms with Crippen molar-refractivity contribution in [3.63, 3.8) is 0 Å². The number of fused-ring (bicyclic) bond motifs is 2. The van der Waals surface area contributed by atoms with E-state index in [2.05, 4.69) is 5.32 Å². The zero-order valence-corrected chi connectivity index (χ0v) is 15.0. The first-order chi connectivity index (χ1) is 11.8. The van der Waals surface area contributed by atoms with Crippen LogP contribution in [0.3, 0.4) is 0 Å². The first kappa shape index (κ1) is 17.6. The molecule has 25 heavy (non-hydrogen) atoms. The Morgan fingerprint density at radius 1 is 1.20 bits per heavy atom.